The predicted molar refractivity (Wildman–Crippen MR) is 125 cm³/mol. The normalized spacial score (nSPS) is 21.6. The molecular weight excluding hydrogens is 442 g/mol. The van der Waals surface area contributed by atoms with Crippen LogP contribution in [0.15, 0.2) is 24.5 Å². The predicted octanol–water partition coefficient (Wildman–Crippen LogP) is 5.22. The number of piperidine rings is 1. The summed E-state index contributed by atoms with van der Waals surface area (Å²) in [4.78, 5) is 23.0. The quantitative estimate of drug-likeness (QED) is 0.618. The Hall–Kier alpha value is -3.05. The van der Waals surface area contributed by atoms with Crippen LogP contribution in [0.1, 0.15) is 50.7 Å². The third-order valence-electron chi connectivity index (χ3n) is 6.22. The van der Waals surface area contributed by atoms with Crippen LogP contribution in [0.5, 0.6) is 5.88 Å². The number of halogens is 1. The van der Waals surface area contributed by atoms with Crippen molar-refractivity contribution in [3.8, 4) is 11.9 Å². The lowest BCUT2D eigenvalue weighted by molar-refractivity contribution is 0.0335. The molecule has 2 aliphatic heterocycles. The third-order valence-corrected chi connectivity index (χ3v) is 6.54. The van der Waals surface area contributed by atoms with Crippen molar-refractivity contribution in [1.29, 1.82) is 5.26 Å². The average Bonchev–Trinajstić information content (AvgIpc) is 3.05. The van der Waals surface area contributed by atoms with Gasteiger partial charge in [-0.25, -0.2) is 14.8 Å². The highest BCUT2D eigenvalue weighted by Gasteiger charge is 2.44. The Kier molecular flexibility index (Phi) is 6.89. The summed E-state index contributed by atoms with van der Waals surface area (Å²) >= 11 is 6.28. The molecule has 4 rings (SSSR count). The number of hydrogen-bond acceptors (Lipinski definition) is 7. The van der Waals surface area contributed by atoms with Crippen molar-refractivity contribution < 1.29 is 14.3 Å². The van der Waals surface area contributed by atoms with E-state index in [1.807, 2.05) is 25.7 Å². The number of aromatic nitrogens is 2. The minimum atomic E-state index is -0.194. The topological polar surface area (TPSA) is 100 Å². The molecule has 3 heterocycles. The Morgan fingerprint density at radius 1 is 1.30 bits per heavy atom. The van der Waals surface area contributed by atoms with Crippen LogP contribution >= 0.6 is 11.6 Å². The highest BCUT2D eigenvalue weighted by molar-refractivity contribution is 6.33. The summed E-state index contributed by atoms with van der Waals surface area (Å²) in [7, 11) is 0. The molecule has 0 saturated carbocycles. The number of nitrogens with zero attached hydrogens (tertiary/aromatic N) is 4. The van der Waals surface area contributed by atoms with E-state index in [0.717, 1.165) is 31.2 Å². The van der Waals surface area contributed by atoms with Gasteiger partial charge in [0, 0.05) is 12.1 Å². The molecule has 2 unspecified atom stereocenters. The van der Waals surface area contributed by atoms with Crippen LogP contribution in [0.3, 0.4) is 0 Å². The smallest absolute Gasteiger partial charge is 0.410 e. The summed E-state index contributed by atoms with van der Waals surface area (Å²) in [5, 5.41) is 12.6. The molecule has 2 fully saturated rings. The first-order chi connectivity index (χ1) is 15.9. The number of anilines is 2. The standard InChI is InChI=1S/C24H28ClN5O3/c1-14(2)33-24(31)30-18-5-6-19(30)9-17(8-18)12-32-23-15(3)22(27-13-28-23)29-21-7-4-16(11-26)10-20(21)25/h4,7,10,13-14,17-19H,5-6,8-9,12H2,1-3H3,(H,27,28,29). The number of amides is 1. The van der Waals surface area contributed by atoms with Gasteiger partial charge in [0.2, 0.25) is 5.88 Å². The van der Waals surface area contributed by atoms with E-state index in [1.165, 1.54) is 6.33 Å². The van der Waals surface area contributed by atoms with Crippen molar-refractivity contribution in [3.63, 3.8) is 0 Å². The number of nitriles is 1. The van der Waals surface area contributed by atoms with Crippen molar-refractivity contribution in [3.05, 3.63) is 40.7 Å². The van der Waals surface area contributed by atoms with Crippen LogP contribution in [0.25, 0.3) is 0 Å². The molecule has 2 bridgehead atoms. The maximum absolute atomic E-state index is 12.5. The van der Waals surface area contributed by atoms with Gasteiger partial charge in [0.05, 0.1) is 40.6 Å². The van der Waals surface area contributed by atoms with Crippen LogP contribution in [0.4, 0.5) is 16.3 Å². The van der Waals surface area contributed by atoms with Crippen molar-refractivity contribution in [2.45, 2.75) is 64.6 Å². The van der Waals surface area contributed by atoms with Gasteiger partial charge < -0.3 is 19.7 Å². The summed E-state index contributed by atoms with van der Waals surface area (Å²) in [5.74, 6) is 1.47. The van der Waals surface area contributed by atoms with E-state index < -0.39 is 0 Å². The van der Waals surface area contributed by atoms with Crippen molar-refractivity contribution >= 4 is 29.2 Å². The lowest BCUT2D eigenvalue weighted by Gasteiger charge is -2.38. The second-order valence-electron chi connectivity index (χ2n) is 8.96. The van der Waals surface area contributed by atoms with E-state index in [-0.39, 0.29) is 24.3 Å². The molecule has 0 spiro atoms. The summed E-state index contributed by atoms with van der Waals surface area (Å²) in [6.45, 7) is 6.18. The van der Waals surface area contributed by atoms with Crippen molar-refractivity contribution in [2.24, 2.45) is 5.92 Å². The molecule has 0 aliphatic carbocycles. The highest BCUT2D eigenvalue weighted by Crippen LogP contribution is 2.39. The first-order valence-corrected chi connectivity index (χ1v) is 11.6. The van der Waals surface area contributed by atoms with Crippen molar-refractivity contribution in [2.75, 3.05) is 11.9 Å². The van der Waals surface area contributed by atoms with Crippen LogP contribution in [0, 0.1) is 24.2 Å². The fourth-order valence-corrected chi connectivity index (χ4v) is 4.93. The summed E-state index contributed by atoms with van der Waals surface area (Å²) in [6, 6.07) is 7.54. The lowest BCUT2D eigenvalue weighted by Crippen LogP contribution is -2.48. The number of benzene rings is 1. The fraction of sp³-hybridized carbons (Fsp3) is 0.500. The maximum atomic E-state index is 12.5. The largest absolute Gasteiger partial charge is 0.477 e. The minimum absolute atomic E-state index is 0.110. The van der Waals surface area contributed by atoms with Crippen LogP contribution in [0.2, 0.25) is 5.02 Å². The zero-order valence-electron chi connectivity index (χ0n) is 19.0. The van der Waals surface area contributed by atoms with E-state index in [0.29, 0.717) is 40.5 Å². The Labute approximate surface area is 198 Å². The monoisotopic (exact) mass is 469 g/mol. The maximum Gasteiger partial charge on any atom is 0.410 e. The zero-order valence-corrected chi connectivity index (χ0v) is 19.8. The molecule has 1 amide bonds. The number of carbonyl (C=O) groups is 1. The molecular formula is C24H28ClN5O3. The van der Waals surface area contributed by atoms with E-state index in [9.17, 15) is 4.79 Å². The van der Waals surface area contributed by atoms with Crippen LogP contribution < -0.4 is 10.1 Å². The number of hydrogen-bond donors (Lipinski definition) is 1. The van der Waals surface area contributed by atoms with Gasteiger partial charge in [0.15, 0.2) is 0 Å². The first kappa shape index (κ1) is 23.1. The molecule has 1 N–H and O–H groups in total. The molecule has 0 radical (unpaired) electrons. The van der Waals surface area contributed by atoms with Gasteiger partial charge in [-0.3, -0.25) is 0 Å². The molecule has 1 aromatic heterocycles. The van der Waals surface area contributed by atoms with Gasteiger partial charge in [0.25, 0.3) is 0 Å². The first-order valence-electron chi connectivity index (χ1n) is 11.3. The van der Waals surface area contributed by atoms with E-state index >= 15 is 0 Å². The molecule has 33 heavy (non-hydrogen) atoms. The van der Waals surface area contributed by atoms with Gasteiger partial charge in [-0.2, -0.15) is 5.26 Å². The number of nitrogens with one attached hydrogen (secondary N) is 1. The molecule has 8 nitrogen and oxygen atoms in total. The number of carbonyl (C=O) groups excluding carboxylic acids is 1. The Morgan fingerprint density at radius 3 is 2.67 bits per heavy atom. The number of fused-ring (bicyclic) bond motifs is 2. The zero-order chi connectivity index (χ0) is 23.5. The lowest BCUT2D eigenvalue weighted by atomic mass is 9.92. The molecule has 1 aromatic carbocycles. The van der Waals surface area contributed by atoms with E-state index in [1.54, 1.807) is 18.2 Å². The number of rotatable bonds is 6. The van der Waals surface area contributed by atoms with Crippen LogP contribution in [-0.2, 0) is 4.74 Å². The molecule has 2 atom stereocenters. The summed E-state index contributed by atoms with van der Waals surface area (Å²) in [6.07, 6.45) is 4.98. The Bertz CT molecular complexity index is 1060. The highest BCUT2D eigenvalue weighted by atomic mass is 35.5. The Morgan fingerprint density at radius 2 is 2.03 bits per heavy atom. The fourth-order valence-electron chi connectivity index (χ4n) is 4.70. The van der Waals surface area contributed by atoms with Gasteiger partial charge >= 0.3 is 6.09 Å². The van der Waals surface area contributed by atoms with Crippen molar-refractivity contribution in [1.82, 2.24) is 14.9 Å². The van der Waals surface area contributed by atoms with Crippen LogP contribution in [-0.4, -0.2) is 45.8 Å². The van der Waals surface area contributed by atoms with Gasteiger partial charge in [-0.1, -0.05) is 11.6 Å². The SMILES string of the molecule is Cc1c(Nc2ccc(C#N)cc2Cl)ncnc1OCC1CC2CCC(C1)N2C(=O)OC(C)C. The molecule has 174 valence electrons. The molecule has 2 aliphatic rings. The number of ether oxygens (including phenoxy) is 2. The minimum Gasteiger partial charge on any atom is -0.477 e. The van der Waals surface area contributed by atoms with Gasteiger partial charge in [-0.05, 0) is 70.6 Å². The Balaban J connectivity index is 1.38. The summed E-state index contributed by atoms with van der Waals surface area (Å²) in [5.41, 5.74) is 1.92. The summed E-state index contributed by atoms with van der Waals surface area (Å²) < 4.78 is 11.5. The molecule has 2 saturated heterocycles. The second-order valence-corrected chi connectivity index (χ2v) is 9.36. The molecule has 2 aromatic rings. The third kappa shape index (κ3) is 5.14. The van der Waals surface area contributed by atoms with Gasteiger partial charge in [0.1, 0.15) is 12.1 Å². The van der Waals surface area contributed by atoms with E-state index in [2.05, 4.69) is 21.4 Å². The average molecular weight is 470 g/mol. The second kappa shape index (κ2) is 9.84. The van der Waals surface area contributed by atoms with Gasteiger partial charge in [-0.15, -0.1) is 0 Å². The molecule has 9 heteroatoms. The van der Waals surface area contributed by atoms with E-state index in [4.69, 9.17) is 26.3 Å².